The zero-order valence-corrected chi connectivity index (χ0v) is 14.7. The van der Waals surface area contributed by atoms with Gasteiger partial charge in [0.1, 0.15) is 11.6 Å². The van der Waals surface area contributed by atoms with Crippen LogP contribution in [0.1, 0.15) is 16.0 Å². The number of halogens is 4. The molecule has 1 unspecified atom stereocenters. The van der Waals surface area contributed by atoms with Crippen molar-refractivity contribution in [3.63, 3.8) is 0 Å². The van der Waals surface area contributed by atoms with Crippen LogP contribution >= 0.6 is 43.2 Å². The molecule has 21 heavy (non-hydrogen) atoms. The van der Waals surface area contributed by atoms with Gasteiger partial charge in [0.15, 0.2) is 0 Å². The van der Waals surface area contributed by atoms with Gasteiger partial charge >= 0.3 is 0 Å². The molecule has 0 nitrogen and oxygen atoms in total. The van der Waals surface area contributed by atoms with Crippen LogP contribution in [0.25, 0.3) is 10.1 Å². The lowest BCUT2D eigenvalue weighted by atomic mass is 10.0. The maximum atomic E-state index is 13.8. The summed E-state index contributed by atoms with van der Waals surface area (Å²) in [6, 6.07) is 9.95. The van der Waals surface area contributed by atoms with Crippen molar-refractivity contribution in [3.8, 4) is 0 Å². The Morgan fingerprint density at radius 1 is 1.05 bits per heavy atom. The molecule has 0 aliphatic heterocycles. The predicted octanol–water partition coefficient (Wildman–Crippen LogP) is 6.62. The van der Waals surface area contributed by atoms with Crippen molar-refractivity contribution in [1.82, 2.24) is 0 Å². The molecule has 1 heterocycles. The molecule has 0 fully saturated rings. The summed E-state index contributed by atoms with van der Waals surface area (Å²) in [5.41, 5.74) is 1.17. The Balaban J connectivity index is 1.98. The van der Waals surface area contributed by atoms with Gasteiger partial charge in [-0.25, -0.2) is 8.78 Å². The first-order valence-electron chi connectivity index (χ1n) is 6.30. The van der Waals surface area contributed by atoms with Crippen LogP contribution in [0.15, 0.2) is 46.3 Å². The van der Waals surface area contributed by atoms with Crippen molar-refractivity contribution in [3.05, 3.63) is 69.0 Å². The van der Waals surface area contributed by atoms with E-state index in [9.17, 15) is 8.78 Å². The van der Waals surface area contributed by atoms with Crippen LogP contribution < -0.4 is 0 Å². The number of hydrogen-bond donors (Lipinski definition) is 0. The van der Waals surface area contributed by atoms with Crippen molar-refractivity contribution in [2.75, 3.05) is 0 Å². The van der Waals surface area contributed by atoms with Crippen molar-refractivity contribution in [2.24, 2.45) is 0 Å². The molecule has 3 aromatic rings. The van der Waals surface area contributed by atoms with Crippen LogP contribution in [-0.4, -0.2) is 0 Å². The summed E-state index contributed by atoms with van der Waals surface area (Å²) >= 11 is 8.72. The quantitative estimate of drug-likeness (QED) is 0.408. The van der Waals surface area contributed by atoms with E-state index in [4.69, 9.17) is 0 Å². The number of benzene rings is 2. The normalized spacial score (nSPS) is 12.8. The Morgan fingerprint density at radius 3 is 2.43 bits per heavy atom. The van der Waals surface area contributed by atoms with Crippen LogP contribution in [-0.2, 0) is 6.42 Å². The minimum absolute atomic E-state index is 0.119. The highest BCUT2D eigenvalue weighted by Gasteiger charge is 2.18. The van der Waals surface area contributed by atoms with Crippen LogP contribution in [0.3, 0.4) is 0 Å². The van der Waals surface area contributed by atoms with Crippen molar-refractivity contribution >= 4 is 53.3 Å². The molecule has 0 spiro atoms. The molecular formula is C16H10Br2F2S. The minimum atomic E-state index is -0.500. The predicted molar refractivity (Wildman–Crippen MR) is 91.3 cm³/mol. The standard InChI is InChI=1S/C16H10Br2F2S/c17-12-4-1-3-9-11(8-21-16(9)12)13(18)7-10-14(19)5-2-6-15(10)20/h1-6,8,13H,7H2. The molecule has 0 aliphatic rings. The fourth-order valence-corrected chi connectivity index (χ4v) is 4.85. The van der Waals surface area contributed by atoms with Crippen LogP contribution in [0.2, 0.25) is 0 Å². The molecule has 2 aromatic carbocycles. The molecule has 0 N–H and O–H groups in total. The molecule has 0 amide bonds. The third kappa shape index (κ3) is 2.91. The Hall–Kier alpha value is -0.780. The molecule has 0 aliphatic carbocycles. The summed E-state index contributed by atoms with van der Waals surface area (Å²) in [6.45, 7) is 0. The Labute approximate surface area is 142 Å². The molecule has 1 aromatic heterocycles. The molecule has 108 valence electrons. The highest BCUT2D eigenvalue weighted by Crippen LogP contribution is 2.39. The van der Waals surface area contributed by atoms with E-state index in [1.165, 1.54) is 18.2 Å². The summed E-state index contributed by atoms with van der Waals surface area (Å²) < 4.78 is 29.7. The molecule has 0 saturated carbocycles. The van der Waals surface area contributed by atoms with Crippen molar-refractivity contribution in [2.45, 2.75) is 11.2 Å². The second kappa shape index (κ2) is 6.15. The summed E-state index contributed by atoms with van der Waals surface area (Å²) in [5, 5.41) is 3.14. The number of fused-ring (bicyclic) bond motifs is 1. The SMILES string of the molecule is Fc1cccc(F)c1CC(Br)c1csc2c(Br)cccc12. The second-order valence-electron chi connectivity index (χ2n) is 4.68. The number of alkyl halides is 1. The first-order valence-corrected chi connectivity index (χ1v) is 8.89. The average Bonchev–Trinajstić information content (AvgIpc) is 2.88. The van der Waals surface area contributed by atoms with Gasteiger partial charge in [-0.2, -0.15) is 0 Å². The summed E-state index contributed by atoms with van der Waals surface area (Å²) in [6.07, 6.45) is 0.275. The Bertz CT molecular complexity index is 778. The molecular weight excluding hydrogens is 422 g/mol. The summed E-state index contributed by atoms with van der Waals surface area (Å²) in [7, 11) is 0. The zero-order valence-electron chi connectivity index (χ0n) is 10.7. The maximum absolute atomic E-state index is 13.8. The van der Waals surface area contributed by atoms with Gasteiger partial charge in [0.25, 0.3) is 0 Å². The number of hydrogen-bond acceptors (Lipinski definition) is 1. The smallest absolute Gasteiger partial charge is 0.129 e. The molecule has 0 saturated heterocycles. The van der Waals surface area contributed by atoms with Gasteiger partial charge in [0.05, 0.1) is 0 Å². The third-order valence-electron chi connectivity index (χ3n) is 3.36. The molecule has 0 radical (unpaired) electrons. The number of rotatable bonds is 3. The van der Waals surface area contributed by atoms with E-state index in [-0.39, 0.29) is 16.8 Å². The summed E-state index contributed by atoms with van der Waals surface area (Å²) in [5.74, 6) is -1.000. The molecule has 1 atom stereocenters. The fourth-order valence-electron chi connectivity index (χ4n) is 2.30. The van der Waals surface area contributed by atoms with Crippen LogP contribution in [0, 0.1) is 11.6 Å². The van der Waals surface area contributed by atoms with Gasteiger partial charge in [-0.3, -0.25) is 0 Å². The molecule has 0 bridgehead atoms. The first-order chi connectivity index (χ1) is 10.1. The monoisotopic (exact) mass is 430 g/mol. The Kier molecular flexibility index (Phi) is 4.43. The maximum Gasteiger partial charge on any atom is 0.129 e. The van der Waals surface area contributed by atoms with Crippen molar-refractivity contribution < 1.29 is 8.78 Å². The highest BCUT2D eigenvalue weighted by molar-refractivity contribution is 9.10. The van der Waals surface area contributed by atoms with E-state index >= 15 is 0 Å². The van der Waals surface area contributed by atoms with Gasteiger partial charge in [0, 0.05) is 19.6 Å². The average molecular weight is 432 g/mol. The molecule has 3 rings (SSSR count). The highest BCUT2D eigenvalue weighted by atomic mass is 79.9. The van der Waals surface area contributed by atoms with Crippen molar-refractivity contribution in [1.29, 1.82) is 0 Å². The lowest BCUT2D eigenvalue weighted by Gasteiger charge is -2.11. The minimum Gasteiger partial charge on any atom is -0.207 e. The topological polar surface area (TPSA) is 0 Å². The van der Waals surface area contributed by atoms with Gasteiger partial charge < -0.3 is 0 Å². The van der Waals surface area contributed by atoms with Gasteiger partial charge in [-0.15, -0.1) is 11.3 Å². The number of thiophene rings is 1. The fraction of sp³-hybridized carbons (Fsp3) is 0.125. The van der Waals surface area contributed by atoms with Gasteiger partial charge in [0.2, 0.25) is 0 Å². The van der Waals surface area contributed by atoms with E-state index in [2.05, 4.69) is 31.9 Å². The zero-order chi connectivity index (χ0) is 15.0. The molecule has 5 heteroatoms. The second-order valence-corrected chi connectivity index (χ2v) is 7.52. The first kappa shape index (κ1) is 15.1. The van der Waals surface area contributed by atoms with E-state index in [0.717, 1.165) is 20.1 Å². The largest absolute Gasteiger partial charge is 0.207 e. The Morgan fingerprint density at radius 2 is 1.71 bits per heavy atom. The third-order valence-corrected chi connectivity index (χ3v) is 6.15. The van der Waals surface area contributed by atoms with Gasteiger partial charge in [-0.1, -0.05) is 34.1 Å². The van der Waals surface area contributed by atoms with Gasteiger partial charge in [-0.05, 0) is 56.9 Å². The lowest BCUT2D eigenvalue weighted by Crippen LogP contribution is -2.00. The van der Waals surface area contributed by atoms with E-state index < -0.39 is 11.6 Å². The summed E-state index contributed by atoms with van der Waals surface area (Å²) in [4.78, 5) is -0.132. The lowest BCUT2D eigenvalue weighted by molar-refractivity contribution is 0.554. The van der Waals surface area contributed by atoms with Crippen LogP contribution in [0.4, 0.5) is 8.78 Å². The van der Waals surface area contributed by atoms with E-state index in [0.29, 0.717) is 0 Å². The van der Waals surface area contributed by atoms with E-state index in [1.54, 1.807) is 11.3 Å². The van der Waals surface area contributed by atoms with Crippen LogP contribution in [0.5, 0.6) is 0 Å². The van der Waals surface area contributed by atoms with E-state index in [1.807, 2.05) is 23.6 Å².